The number of aliphatic hydroxyl groups is 1. The van der Waals surface area contributed by atoms with E-state index in [9.17, 15) is 14.7 Å². The Morgan fingerprint density at radius 1 is 1.40 bits per heavy atom. The molecule has 1 fully saturated rings. The number of hydrogen-bond acceptors (Lipinski definition) is 3. The Morgan fingerprint density at radius 3 is 2.53 bits per heavy atom. The lowest BCUT2D eigenvalue weighted by Gasteiger charge is -2.33. The molecule has 0 saturated heterocycles. The molecular formula is C11H15NO3. The number of carbonyl (C=O) groups is 2. The summed E-state index contributed by atoms with van der Waals surface area (Å²) in [6.07, 6.45) is 3.81. The van der Waals surface area contributed by atoms with E-state index in [1.165, 1.54) is 6.92 Å². The second-order valence-electron chi connectivity index (χ2n) is 4.45. The number of nitrogens with one attached hydrogen (secondary N) is 1. The van der Waals surface area contributed by atoms with Crippen molar-refractivity contribution in [2.24, 2.45) is 5.41 Å². The SMILES string of the molecule is CC(=O)C1=C(O)C2(CCCC2)CNC1=O. The minimum absolute atomic E-state index is 0.0243. The van der Waals surface area contributed by atoms with Crippen LogP contribution in [0.25, 0.3) is 0 Å². The lowest BCUT2D eigenvalue weighted by Crippen LogP contribution is -2.45. The highest BCUT2D eigenvalue weighted by molar-refractivity contribution is 6.19. The molecule has 0 unspecified atom stereocenters. The first-order valence-electron chi connectivity index (χ1n) is 5.30. The number of ketones is 1. The molecule has 2 N–H and O–H groups in total. The van der Waals surface area contributed by atoms with Gasteiger partial charge >= 0.3 is 0 Å². The van der Waals surface area contributed by atoms with E-state index >= 15 is 0 Å². The van der Waals surface area contributed by atoms with Crippen molar-refractivity contribution in [3.05, 3.63) is 11.3 Å². The van der Waals surface area contributed by atoms with E-state index in [0.717, 1.165) is 25.7 Å². The van der Waals surface area contributed by atoms with Gasteiger partial charge in [0.25, 0.3) is 5.91 Å². The maximum Gasteiger partial charge on any atom is 0.258 e. The second-order valence-corrected chi connectivity index (χ2v) is 4.45. The molecule has 1 aliphatic carbocycles. The van der Waals surface area contributed by atoms with Crippen LogP contribution in [0.1, 0.15) is 32.6 Å². The van der Waals surface area contributed by atoms with Gasteiger partial charge in [0.2, 0.25) is 0 Å². The lowest BCUT2D eigenvalue weighted by molar-refractivity contribution is -0.123. The van der Waals surface area contributed by atoms with Crippen LogP contribution >= 0.6 is 0 Å². The van der Waals surface area contributed by atoms with E-state index in [2.05, 4.69) is 5.32 Å². The summed E-state index contributed by atoms with van der Waals surface area (Å²) in [5, 5.41) is 12.8. The van der Waals surface area contributed by atoms with Gasteiger partial charge in [-0.25, -0.2) is 0 Å². The van der Waals surface area contributed by atoms with Crippen LogP contribution < -0.4 is 5.32 Å². The normalized spacial score (nSPS) is 24.5. The van der Waals surface area contributed by atoms with Gasteiger partial charge in [-0.3, -0.25) is 9.59 Å². The van der Waals surface area contributed by atoms with E-state index in [1.807, 2.05) is 0 Å². The predicted molar refractivity (Wildman–Crippen MR) is 54.2 cm³/mol. The molecule has 0 radical (unpaired) electrons. The zero-order valence-electron chi connectivity index (χ0n) is 8.80. The molecule has 1 saturated carbocycles. The Morgan fingerprint density at radius 2 is 2.00 bits per heavy atom. The molecule has 0 aromatic rings. The molecule has 1 spiro atoms. The molecule has 0 atom stereocenters. The molecule has 2 aliphatic rings. The van der Waals surface area contributed by atoms with Gasteiger partial charge < -0.3 is 10.4 Å². The summed E-state index contributed by atoms with van der Waals surface area (Å²) in [6, 6.07) is 0. The number of aliphatic hydroxyl groups excluding tert-OH is 1. The molecule has 15 heavy (non-hydrogen) atoms. The van der Waals surface area contributed by atoms with Gasteiger partial charge in [0, 0.05) is 12.0 Å². The van der Waals surface area contributed by atoms with Gasteiger partial charge in [-0.2, -0.15) is 0 Å². The highest BCUT2D eigenvalue weighted by Gasteiger charge is 2.44. The number of Topliss-reactive ketones (excluding diaryl/α,β-unsaturated/α-hetero) is 1. The Kier molecular flexibility index (Phi) is 2.29. The highest BCUT2D eigenvalue weighted by Crippen LogP contribution is 2.45. The minimum Gasteiger partial charge on any atom is -0.511 e. The zero-order chi connectivity index (χ0) is 11.1. The monoisotopic (exact) mass is 209 g/mol. The smallest absolute Gasteiger partial charge is 0.258 e. The maximum absolute atomic E-state index is 11.4. The fraction of sp³-hybridized carbons (Fsp3) is 0.636. The average molecular weight is 209 g/mol. The van der Waals surface area contributed by atoms with E-state index in [1.54, 1.807) is 0 Å². The third kappa shape index (κ3) is 1.44. The number of rotatable bonds is 1. The number of hydrogen-bond donors (Lipinski definition) is 2. The van der Waals surface area contributed by atoms with Crippen LogP contribution in [0.2, 0.25) is 0 Å². The van der Waals surface area contributed by atoms with Crippen LogP contribution in [0.3, 0.4) is 0 Å². The largest absolute Gasteiger partial charge is 0.511 e. The van der Waals surface area contributed by atoms with Gasteiger partial charge in [0.05, 0.1) is 0 Å². The molecule has 1 aliphatic heterocycles. The van der Waals surface area contributed by atoms with Gasteiger partial charge in [0.1, 0.15) is 11.3 Å². The Labute approximate surface area is 88.4 Å². The average Bonchev–Trinajstić information content (AvgIpc) is 2.62. The van der Waals surface area contributed by atoms with Gasteiger partial charge in [-0.05, 0) is 19.8 Å². The summed E-state index contributed by atoms with van der Waals surface area (Å²) in [5.74, 6) is -0.759. The molecule has 4 heteroatoms. The Balaban J connectivity index is 2.46. The maximum atomic E-state index is 11.4. The first-order chi connectivity index (χ1) is 7.07. The first kappa shape index (κ1) is 10.2. The zero-order valence-corrected chi connectivity index (χ0v) is 8.80. The van der Waals surface area contributed by atoms with Crippen molar-refractivity contribution in [2.75, 3.05) is 6.54 Å². The third-order valence-electron chi connectivity index (χ3n) is 3.47. The summed E-state index contributed by atoms with van der Waals surface area (Å²) in [4.78, 5) is 22.7. The van der Waals surface area contributed by atoms with Crippen LogP contribution in [-0.2, 0) is 9.59 Å². The molecule has 1 amide bonds. The van der Waals surface area contributed by atoms with Crippen LogP contribution in [-0.4, -0.2) is 23.3 Å². The molecular weight excluding hydrogens is 194 g/mol. The molecule has 82 valence electrons. The van der Waals surface area contributed by atoms with Crippen LogP contribution in [0, 0.1) is 5.41 Å². The van der Waals surface area contributed by atoms with Gasteiger partial charge in [-0.1, -0.05) is 12.8 Å². The standard InChI is InChI=1S/C11H15NO3/c1-7(13)8-9(14)11(4-2-3-5-11)6-12-10(8)15/h14H,2-6H2,1H3,(H,12,15). The van der Waals surface area contributed by atoms with Crippen molar-refractivity contribution >= 4 is 11.7 Å². The summed E-state index contributed by atoms with van der Waals surface area (Å²) in [5.41, 5.74) is -0.391. The molecule has 1 heterocycles. The van der Waals surface area contributed by atoms with E-state index in [0.29, 0.717) is 6.54 Å². The van der Waals surface area contributed by atoms with Crippen molar-refractivity contribution in [1.29, 1.82) is 0 Å². The first-order valence-corrected chi connectivity index (χ1v) is 5.30. The molecule has 0 aromatic carbocycles. The van der Waals surface area contributed by atoms with Crippen molar-refractivity contribution in [1.82, 2.24) is 5.32 Å². The van der Waals surface area contributed by atoms with E-state index in [4.69, 9.17) is 0 Å². The van der Waals surface area contributed by atoms with Crippen LogP contribution in [0.4, 0.5) is 0 Å². The second kappa shape index (κ2) is 3.36. The Bertz CT molecular complexity index is 351. The van der Waals surface area contributed by atoms with Crippen molar-refractivity contribution in [3.8, 4) is 0 Å². The predicted octanol–water partition coefficient (Wildman–Crippen LogP) is 1.08. The van der Waals surface area contributed by atoms with Crippen molar-refractivity contribution < 1.29 is 14.7 Å². The summed E-state index contributed by atoms with van der Waals surface area (Å²) in [6.45, 7) is 1.79. The van der Waals surface area contributed by atoms with Gasteiger partial charge in [-0.15, -0.1) is 0 Å². The van der Waals surface area contributed by atoms with E-state index < -0.39 is 5.91 Å². The summed E-state index contributed by atoms with van der Waals surface area (Å²) in [7, 11) is 0. The van der Waals surface area contributed by atoms with Gasteiger partial charge in [0.15, 0.2) is 5.78 Å². The number of carbonyl (C=O) groups excluding carboxylic acids is 2. The molecule has 0 aromatic heterocycles. The molecule has 0 bridgehead atoms. The lowest BCUT2D eigenvalue weighted by atomic mass is 9.79. The third-order valence-corrected chi connectivity index (χ3v) is 3.47. The topological polar surface area (TPSA) is 66.4 Å². The fourth-order valence-electron chi connectivity index (χ4n) is 2.59. The number of amides is 1. The van der Waals surface area contributed by atoms with Crippen LogP contribution in [0.15, 0.2) is 11.3 Å². The Hall–Kier alpha value is -1.32. The summed E-state index contributed by atoms with van der Waals surface area (Å²) < 4.78 is 0. The molecule has 4 nitrogen and oxygen atoms in total. The summed E-state index contributed by atoms with van der Waals surface area (Å²) >= 11 is 0. The highest BCUT2D eigenvalue weighted by atomic mass is 16.3. The minimum atomic E-state index is -0.433. The fourth-order valence-corrected chi connectivity index (χ4v) is 2.59. The van der Waals surface area contributed by atoms with E-state index in [-0.39, 0.29) is 22.5 Å². The quantitative estimate of drug-likeness (QED) is 0.635. The van der Waals surface area contributed by atoms with Crippen molar-refractivity contribution in [2.45, 2.75) is 32.6 Å². The molecule has 2 rings (SSSR count). The van der Waals surface area contributed by atoms with Crippen molar-refractivity contribution in [3.63, 3.8) is 0 Å². The van der Waals surface area contributed by atoms with Crippen LogP contribution in [0.5, 0.6) is 0 Å².